The Bertz CT molecular complexity index is 361. The van der Waals surface area contributed by atoms with Gasteiger partial charge in [-0.3, -0.25) is 4.84 Å². The highest BCUT2D eigenvalue weighted by molar-refractivity contribution is 5.29. The normalized spacial score (nSPS) is 7.91. The number of rotatable bonds is 3. The molecular weight excluding hydrogens is 282 g/mol. The van der Waals surface area contributed by atoms with E-state index in [-0.39, 0.29) is 6.10 Å². The van der Waals surface area contributed by atoms with Gasteiger partial charge in [0, 0.05) is 0 Å². The minimum absolute atomic E-state index is 0.188. The number of hydrogen-bond donors (Lipinski definition) is 1. The van der Waals surface area contributed by atoms with Crippen molar-refractivity contribution in [2.45, 2.75) is 61.5 Å². The molecule has 132 valence electrons. The van der Waals surface area contributed by atoms with Crippen molar-refractivity contribution in [3.63, 3.8) is 0 Å². The predicted molar refractivity (Wildman–Crippen MR) is 105 cm³/mol. The fraction of sp³-hybridized carbons (Fsp3) is 0.429. The summed E-state index contributed by atoms with van der Waals surface area (Å²) in [5, 5.41) is 0. The maximum absolute atomic E-state index is 5.34. The van der Waals surface area contributed by atoms with Gasteiger partial charge in [0.05, 0.1) is 0 Å². The first-order valence-electron chi connectivity index (χ1n) is 8.87. The SMILES string of the molecule is CC.CC.CC.CC.NOC(c1ccccc1)c1ccccc1. The van der Waals surface area contributed by atoms with Crippen molar-refractivity contribution in [1.82, 2.24) is 0 Å². The maximum Gasteiger partial charge on any atom is 0.129 e. The first kappa shape index (κ1) is 26.3. The molecule has 0 saturated carbocycles. The van der Waals surface area contributed by atoms with Gasteiger partial charge in [0.25, 0.3) is 0 Å². The van der Waals surface area contributed by atoms with E-state index < -0.39 is 0 Å². The van der Waals surface area contributed by atoms with Gasteiger partial charge in [-0.1, -0.05) is 116 Å². The molecule has 0 bridgehead atoms. The molecule has 2 heteroatoms. The van der Waals surface area contributed by atoms with Gasteiger partial charge >= 0.3 is 0 Å². The Labute approximate surface area is 144 Å². The Morgan fingerprint density at radius 3 is 1.04 bits per heavy atom. The lowest BCUT2D eigenvalue weighted by molar-refractivity contribution is 0.0813. The lowest BCUT2D eigenvalue weighted by Gasteiger charge is -2.14. The van der Waals surface area contributed by atoms with E-state index in [1.165, 1.54) is 0 Å². The number of benzene rings is 2. The minimum Gasteiger partial charge on any atom is -0.292 e. The van der Waals surface area contributed by atoms with Crippen LogP contribution in [0.2, 0.25) is 0 Å². The summed E-state index contributed by atoms with van der Waals surface area (Å²) in [5.41, 5.74) is 2.12. The smallest absolute Gasteiger partial charge is 0.129 e. The highest BCUT2D eigenvalue weighted by atomic mass is 16.6. The second kappa shape index (κ2) is 22.6. The van der Waals surface area contributed by atoms with Crippen LogP contribution in [0.15, 0.2) is 60.7 Å². The van der Waals surface area contributed by atoms with Crippen molar-refractivity contribution >= 4 is 0 Å². The van der Waals surface area contributed by atoms with Gasteiger partial charge in [-0.25, -0.2) is 5.90 Å². The van der Waals surface area contributed by atoms with Crippen molar-refractivity contribution in [3.8, 4) is 0 Å². The van der Waals surface area contributed by atoms with Gasteiger partial charge in [0.1, 0.15) is 6.10 Å². The molecule has 0 amide bonds. The molecule has 2 nitrogen and oxygen atoms in total. The van der Waals surface area contributed by atoms with E-state index in [2.05, 4.69) is 0 Å². The van der Waals surface area contributed by atoms with Crippen LogP contribution < -0.4 is 5.90 Å². The second-order valence-corrected chi connectivity index (χ2v) is 3.34. The van der Waals surface area contributed by atoms with Gasteiger partial charge < -0.3 is 0 Å². The van der Waals surface area contributed by atoms with Crippen LogP contribution in [0, 0.1) is 0 Å². The van der Waals surface area contributed by atoms with Gasteiger partial charge in [-0.2, -0.15) is 0 Å². The summed E-state index contributed by atoms with van der Waals surface area (Å²) >= 11 is 0. The second-order valence-electron chi connectivity index (χ2n) is 3.34. The van der Waals surface area contributed by atoms with Crippen molar-refractivity contribution in [3.05, 3.63) is 71.8 Å². The zero-order valence-corrected chi connectivity index (χ0v) is 16.3. The van der Waals surface area contributed by atoms with Crippen molar-refractivity contribution in [2.75, 3.05) is 0 Å². The van der Waals surface area contributed by atoms with E-state index >= 15 is 0 Å². The van der Waals surface area contributed by atoms with Crippen LogP contribution in [0.25, 0.3) is 0 Å². The van der Waals surface area contributed by atoms with Crippen LogP contribution in [0.3, 0.4) is 0 Å². The Morgan fingerprint density at radius 1 is 0.565 bits per heavy atom. The van der Waals surface area contributed by atoms with E-state index in [1.54, 1.807) is 0 Å². The van der Waals surface area contributed by atoms with Crippen LogP contribution in [-0.4, -0.2) is 0 Å². The average Bonchev–Trinajstić information content (AvgIpc) is 2.70. The van der Waals surface area contributed by atoms with E-state index in [4.69, 9.17) is 10.7 Å². The molecule has 0 unspecified atom stereocenters. The van der Waals surface area contributed by atoms with Gasteiger partial charge in [0.15, 0.2) is 0 Å². The van der Waals surface area contributed by atoms with Crippen LogP contribution in [0.1, 0.15) is 72.6 Å². The third kappa shape index (κ3) is 11.6. The third-order valence-electron chi connectivity index (χ3n) is 2.34. The molecule has 0 atom stereocenters. The molecule has 0 fully saturated rings. The van der Waals surface area contributed by atoms with Crippen molar-refractivity contribution < 1.29 is 4.84 Å². The Kier molecular flexibility index (Phi) is 25.9. The highest BCUT2D eigenvalue weighted by Crippen LogP contribution is 2.23. The molecule has 2 rings (SSSR count). The van der Waals surface area contributed by atoms with Crippen molar-refractivity contribution in [1.29, 1.82) is 0 Å². The Balaban J connectivity index is -0.000000438. The third-order valence-corrected chi connectivity index (χ3v) is 2.34. The van der Waals surface area contributed by atoms with Gasteiger partial charge in [-0.05, 0) is 11.1 Å². The van der Waals surface area contributed by atoms with Gasteiger partial charge in [-0.15, -0.1) is 0 Å². The zero-order valence-electron chi connectivity index (χ0n) is 16.3. The van der Waals surface area contributed by atoms with Crippen LogP contribution >= 0.6 is 0 Å². The minimum atomic E-state index is -0.188. The summed E-state index contributed by atoms with van der Waals surface area (Å²) in [4.78, 5) is 5.02. The molecule has 0 aliphatic carbocycles. The summed E-state index contributed by atoms with van der Waals surface area (Å²) in [6.07, 6.45) is -0.188. The van der Waals surface area contributed by atoms with E-state index in [0.29, 0.717) is 0 Å². The molecule has 0 spiro atoms. The Morgan fingerprint density at radius 2 is 0.826 bits per heavy atom. The molecule has 0 saturated heterocycles. The molecule has 0 aliphatic heterocycles. The fourth-order valence-electron chi connectivity index (χ4n) is 1.61. The summed E-state index contributed by atoms with van der Waals surface area (Å²) < 4.78 is 0. The molecule has 0 aliphatic rings. The fourth-order valence-corrected chi connectivity index (χ4v) is 1.61. The van der Waals surface area contributed by atoms with Crippen LogP contribution in [-0.2, 0) is 4.84 Å². The highest BCUT2D eigenvalue weighted by Gasteiger charge is 2.12. The standard InChI is InChI=1S/C13H13NO.4C2H6/c14-15-13(11-7-3-1-4-8-11)12-9-5-2-6-10-12;4*1-2/h1-10,13H,14H2;4*1-2H3. The predicted octanol–water partition coefficient (Wildman–Crippen LogP) is 6.77. The number of hydrogen-bond acceptors (Lipinski definition) is 2. The summed E-state index contributed by atoms with van der Waals surface area (Å²) in [6.45, 7) is 16.0. The van der Waals surface area contributed by atoms with E-state index in [9.17, 15) is 0 Å². The number of nitrogens with two attached hydrogens (primary N) is 1. The average molecular weight is 320 g/mol. The largest absolute Gasteiger partial charge is 0.292 e. The first-order chi connectivity index (χ1) is 11.4. The molecule has 2 aromatic rings. The van der Waals surface area contributed by atoms with E-state index in [0.717, 1.165) is 11.1 Å². The maximum atomic E-state index is 5.34. The molecule has 0 aromatic heterocycles. The first-order valence-corrected chi connectivity index (χ1v) is 8.87. The summed E-state index contributed by atoms with van der Waals surface area (Å²) in [6, 6.07) is 19.9. The van der Waals surface area contributed by atoms with Crippen molar-refractivity contribution in [2.24, 2.45) is 5.90 Å². The molecule has 2 N–H and O–H groups in total. The Hall–Kier alpha value is -1.64. The quantitative estimate of drug-likeness (QED) is 0.633. The summed E-state index contributed by atoms with van der Waals surface area (Å²) in [5.74, 6) is 5.34. The molecule has 23 heavy (non-hydrogen) atoms. The molecule has 0 radical (unpaired) electrons. The molecule has 2 aromatic carbocycles. The van der Waals surface area contributed by atoms with Crippen LogP contribution in [0.4, 0.5) is 0 Å². The lowest BCUT2D eigenvalue weighted by Crippen LogP contribution is -2.10. The monoisotopic (exact) mass is 319 g/mol. The summed E-state index contributed by atoms with van der Waals surface area (Å²) in [7, 11) is 0. The zero-order chi connectivity index (χ0) is 18.5. The molecular formula is C21H37NO. The van der Waals surface area contributed by atoms with Crippen LogP contribution in [0.5, 0.6) is 0 Å². The topological polar surface area (TPSA) is 35.2 Å². The molecule has 0 heterocycles. The van der Waals surface area contributed by atoms with E-state index in [1.807, 2.05) is 116 Å². The van der Waals surface area contributed by atoms with Gasteiger partial charge in [0.2, 0.25) is 0 Å². The lowest BCUT2D eigenvalue weighted by atomic mass is 10.0.